The van der Waals surface area contributed by atoms with Crippen molar-refractivity contribution in [3.63, 3.8) is 0 Å². The van der Waals surface area contributed by atoms with Gasteiger partial charge in [0, 0.05) is 0 Å². The molecule has 154 valence electrons. The Morgan fingerprint density at radius 2 is 1.90 bits per heavy atom. The maximum Gasteiger partial charge on any atom is 0.293 e. The number of nitrogens with zero attached hydrogens (tertiary/aromatic N) is 2. The zero-order valence-corrected chi connectivity index (χ0v) is 16.8. The second kappa shape index (κ2) is 9.80. The first-order chi connectivity index (χ1) is 14.5. The molecule has 1 heterocycles. The second-order valence-corrected chi connectivity index (χ2v) is 6.99. The molecule has 1 aliphatic heterocycles. The van der Waals surface area contributed by atoms with E-state index in [0.717, 1.165) is 16.7 Å². The molecule has 0 aromatic heterocycles. The summed E-state index contributed by atoms with van der Waals surface area (Å²) >= 11 is 0.835. The number of carbonyl (C=O) groups is 2. The molecule has 1 aliphatic rings. The number of thioether (sulfide) groups is 1. The lowest BCUT2D eigenvalue weighted by Gasteiger charge is -2.13. The Morgan fingerprint density at radius 3 is 2.60 bits per heavy atom. The van der Waals surface area contributed by atoms with E-state index in [2.05, 4.69) is 0 Å². The standard InChI is InChI=1S/C21H17FN2O5S/c1-27-18-12-14(2-7-17(18)29-10-8-23)13-19-20(25)24(21(26)30-19)9-11-28-16-5-3-15(22)4-6-16/h2-7,12-13H,9-11H2,1H3/b19-13-. The number of amides is 2. The number of hydrogen-bond acceptors (Lipinski definition) is 7. The number of nitriles is 1. The van der Waals surface area contributed by atoms with Gasteiger partial charge in [0.2, 0.25) is 0 Å². The fourth-order valence-corrected chi connectivity index (χ4v) is 3.50. The van der Waals surface area contributed by atoms with Crippen LogP contribution in [0.25, 0.3) is 6.08 Å². The monoisotopic (exact) mass is 428 g/mol. The van der Waals surface area contributed by atoms with Gasteiger partial charge >= 0.3 is 0 Å². The number of ether oxygens (including phenoxy) is 3. The summed E-state index contributed by atoms with van der Waals surface area (Å²) in [6.07, 6.45) is 1.59. The lowest BCUT2D eigenvalue weighted by Crippen LogP contribution is -2.32. The number of methoxy groups -OCH3 is 1. The van der Waals surface area contributed by atoms with Crippen molar-refractivity contribution in [3.8, 4) is 23.3 Å². The van der Waals surface area contributed by atoms with Gasteiger partial charge in [-0.3, -0.25) is 14.5 Å². The molecule has 7 nitrogen and oxygen atoms in total. The van der Waals surface area contributed by atoms with Crippen LogP contribution < -0.4 is 14.2 Å². The molecule has 0 spiro atoms. The normalized spacial score (nSPS) is 14.7. The van der Waals surface area contributed by atoms with E-state index in [4.69, 9.17) is 19.5 Å². The largest absolute Gasteiger partial charge is 0.493 e. The molecule has 0 N–H and O–H groups in total. The van der Waals surface area contributed by atoms with Gasteiger partial charge in [0.1, 0.15) is 24.2 Å². The predicted molar refractivity (Wildman–Crippen MR) is 109 cm³/mol. The summed E-state index contributed by atoms with van der Waals surface area (Å²) in [4.78, 5) is 26.2. The molecule has 0 bridgehead atoms. The van der Waals surface area contributed by atoms with Crippen LogP contribution in [-0.4, -0.2) is 42.9 Å². The number of carbonyl (C=O) groups excluding carboxylic acids is 2. The molecule has 2 aromatic rings. The van der Waals surface area contributed by atoms with Crippen molar-refractivity contribution in [2.45, 2.75) is 0 Å². The summed E-state index contributed by atoms with van der Waals surface area (Å²) in [5.74, 6) is 0.467. The minimum absolute atomic E-state index is 0.0731. The zero-order valence-electron chi connectivity index (χ0n) is 16.0. The van der Waals surface area contributed by atoms with Crippen LogP contribution in [0, 0.1) is 17.1 Å². The molecule has 2 aromatic carbocycles. The van der Waals surface area contributed by atoms with Crippen LogP contribution in [0.3, 0.4) is 0 Å². The highest BCUT2D eigenvalue weighted by molar-refractivity contribution is 8.18. The van der Waals surface area contributed by atoms with Gasteiger partial charge in [0.05, 0.1) is 18.6 Å². The number of hydrogen-bond donors (Lipinski definition) is 0. The first-order valence-electron chi connectivity index (χ1n) is 8.83. The summed E-state index contributed by atoms with van der Waals surface area (Å²) in [5, 5.41) is 8.23. The van der Waals surface area contributed by atoms with E-state index in [0.29, 0.717) is 22.8 Å². The fourth-order valence-electron chi connectivity index (χ4n) is 2.63. The van der Waals surface area contributed by atoms with Crippen LogP contribution in [0.4, 0.5) is 9.18 Å². The predicted octanol–water partition coefficient (Wildman–Crippen LogP) is 3.85. The van der Waals surface area contributed by atoms with E-state index >= 15 is 0 Å². The second-order valence-electron chi connectivity index (χ2n) is 5.99. The van der Waals surface area contributed by atoms with Gasteiger partial charge in [-0.1, -0.05) is 6.07 Å². The zero-order chi connectivity index (χ0) is 21.5. The van der Waals surface area contributed by atoms with E-state index < -0.39 is 11.1 Å². The van der Waals surface area contributed by atoms with E-state index in [-0.39, 0.29) is 30.5 Å². The van der Waals surface area contributed by atoms with Crippen LogP contribution in [0.15, 0.2) is 47.4 Å². The number of imide groups is 1. The first-order valence-corrected chi connectivity index (χ1v) is 9.65. The smallest absolute Gasteiger partial charge is 0.293 e. The van der Waals surface area contributed by atoms with Crippen LogP contribution in [0.1, 0.15) is 5.56 Å². The van der Waals surface area contributed by atoms with E-state index in [1.807, 2.05) is 6.07 Å². The summed E-state index contributed by atoms with van der Waals surface area (Å²) in [5.41, 5.74) is 0.643. The van der Waals surface area contributed by atoms with Crippen molar-refractivity contribution in [1.82, 2.24) is 4.90 Å². The van der Waals surface area contributed by atoms with Gasteiger partial charge in [0.25, 0.3) is 11.1 Å². The average molecular weight is 428 g/mol. The van der Waals surface area contributed by atoms with Crippen LogP contribution in [-0.2, 0) is 4.79 Å². The Hall–Kier alpha value is -3.51. The molecule has 2 amide bonds. The third-order valence-corrected chi connectivity index (χ3v) is 4.96. The summed E-state index contributed by atoms with van der Waals surface area (Å²) in [6, 6.07) is 12.3. The molecule has 30 heavy (non-hydrogen) atoms. The fraction of sp³-hybridized carbons (Fsp3) is 0.190. The van der Waals surface area contributed by atoms with Crippen LogP contribution in [0.2, 0.25) is 0 Å². The Kier molecular flexibility index (Phi) is 6.93. The highest BCUT2D eigenvalue weighted by atomic mass is 32.2. The van der Waals surface area contributed by atoms with Crippen molar-refractivity contribution in [3.05, 3.63) is 58.8 Å². The Labute approximate surface area is 176 Å². The molecule has 0 radical (unpaired) electrons. The molecule has 1 saturated heterocycles. The molecular weight excluding hydrogens is 411 g/mol. The van der Waals surface area contributed by atoms with Crippen molar-refractivity contribution < 1.29 is 28.2 Å². The quantitative estimate of drug-likeness (QED) is 0.590. The molecular formula is C21H17FN2O5S. The lowest BCUT2D eigenvalue weighted by molar-refractivity contribution is -0.123. The van der Waals surface area contributed by atoms with E-state index in [9.17, 15) is 14.0 Å². The molecule has 0 atom stereocenters. The molecule has 0 saturated carbocycles. The lowest BCUT2D eigenvalue weighted by atomic mass is 10.2. The number of rotatable bonds is 8. The minimum atomic E-state index is -0.420. The van der Waals surface area contributed by atoms with Crippen molar-refractivity contribution in [1.29, 1.82) is 5.26 Å². The Bertz CT molecular complexity index is 1020. The first kappa shape index (κ1) is 21.2. The van der Waals surface area contributed by atoms with Crippen LogP contribution in [0.5, 0.6) is 17.2 Å². The van der Waals surface area contributed by atoms with E-state index in [1.54, 1.807) is 24.3 Å². The van der Waals surface area contributed by atoms with Gasteiger partial charge in [-0.15, -0.1) is 0 Å². The maximum absolute atomic E-state index is 12.9. The van der Waals surface area contributed by atoms with Crippen LogP contribution >= 0.6 is 11.8 Å². The van der Waals surface area contributed by atoms with Crippen molar-refractivity contribution in [2.24, 2.45) is 0 Å². The average Bonchev–Trinajstić information content (AvgIpc) is 3.01. The number of halogens is 1. The minimum Gasteiger partial charge on any atom is -0.493 e. The third kappa shape index (κ3) is 5.10. The SMILES string of the molecule is COc1cc(/C=C2\SC(=O)N(CCOc3ccc(F)cc3)C2=O)ccc1OCC#N. The van der Waals surface area contributed by atoms with Gasteiger partial charge in [-0.05, 0) is 59.8 Å². The molecule has 9 heteroatoms. The van der Waals surface area contributed by atoms with Crippen molar-refractivity contribution in [2.75, 3.05) is 26.9 Å². The van der Waals surface area contributed by atoms with Gasteiger partial charge in [0.15, 0.2) is 18.1 Å². The number of benzene rings is 2. The highest BCUT2D eigenvalue weighted by Gasteiger charge is 2.34. The summed E-state index contributed by atoms with van der Waals surface area (Å²) < 4.78 is 28.9. The van der Waals surface area contributed by atoms with Crippen molar-refractivity contribution >= 4 is 29.0 Å². The van der Waals surface area contributed by atoms with Gasteiger partial charge < -0.3 is 14.2 Å². The Balaban J connectivity index is 1.65. The third-order valence-electron chi connectivity index (χ3n) is 4.05. The maximum atomic E-state index is 12.9. The molecule has 0 aliphatic carbocycles. The summed E-state index contributed by atoms with van der Waals surface area (Å²) in [7, 11) is 1.47. The molecule has 3 rings (SSSR count). The van der Waals surface area contributed by atoms with Gasteiger partial charge in [-0.2, -0.15) is 5.26 Å². The topological polar surface area (TPSA) is 88.9 Å². The molecule has 0 unspecified atom stereocenters. The molecule has 1 fully saturated rings. The summed E-state index contributed by atoms with van der Waals surface area (Å²) in [6.45, 7) is 0.0495. The Morgan fingerprint density at radius 1 is 1.13 bits per heavy atom. The van der Waals surface area contributed by atoms with Gasteiger partial charge in [-0.25, -0.2) is 4.39 Å². The van der Waals surface area contributed by atoms with E-state index in [1.165, 1.54) is 31.4 Å². The highest BCUT2D eigenvalue weighted by Crippen LogP contribution is 2.34.